The number of nitrogens with one attached hydrogen (secondary N) is 5. The van der Waals surface area contributed by atoms with E-state index in [2.05, 4.69) is 71.0 Å². The first-order chi connectivity index (χ1) is 51.8. The highest BCUT2D eigenvalue weighted by molar-refractivity contribution is 7.87. The van der Waals surface area contributed by atoms with Crippen LogP contribution < -0.4 is 40.3 Å². The number of aliphatic hydroxyl groups is 5. The first kappa shape index (κ1) is 85.6. The number of ether oxygens (including phenoxy) is 8. The summed E-state index contributed by atoms with van der Waals surface area (Å²) in [6.07, 6.45) is 1.19. The predicted octanol–water partition coefficient (Wildman–Crippen LogP) is 6.67. The maximum Gasteiger partial charge on any atom is 0.323 e. The second-order valence-electron chi connectivity index (χ2n) is 26.7. The van der Waals surface area contributed by atoms with Crippen molar-refractivity contribution in [2.45, 2.75) is 222 Å². The number of aliphatic hydroxyl groups excluding tert-OH is 2. The fourth-order valence-corrected chi connectivity index (χ4v) is 15.0. The Morgan fingerprint density at radius 2 is 0.945 bits per heavy atom. The van der Waals surface area contributed by atoms with Crippen LogP contribution in [0, 0.1) is 0 Å². The highest BCUT2D eigenvalue weighted by Crippen LogP contribution is 2.53. The predicted molar refractivity (Wildman–Crippen MR) is 376 cm³/mol. The number of hydrogen-bond donors (Lipinski definition) is 10. The average Bonchev–Trinajstić information content (AvgIpc) is 1.59. The smallest absolute Gasteiger partial charge is 0.323 e. The van der Waals surface area contributed by atoms with Gasteiger partial charge >= 0.3 is 11.9 Å². The number of fused-ring (bicyclic) bond motifs is 3. The number of esters is 2. The van der Waals surface area contributed by atoms with E-state index in [1.807, 2.05) is 0 Å². The Hall–Kier alpha value is -7.38. The Morgan fingerprint density at radius 3 is 1.28 bits per heavy atom. The van der Waals surface area contributed by atoms with Crippen molar-refractivity contribution in [1.82, 2.24) is 68.7 Å². The molecule has 9 heterocycles. The minimum absolute atomic E-state index is 0.00691. The molecule has 16 atom stereocenters. The summed E-state index contributed by atoms with van der Waals surface area (Å²) in [5.74, 6) is -10.5. The lowest BCUT2D eigenvalue weighted by Gasteiger charge is -2.27. The molecule has 0 spiro atoms. The number of rotatable bonds is 28. The maximum absolute atomic E-state index is 15.9. The third-order valence-electron chi connectivity index (χ3n) is 17.7. The van der Waals surface area contributed by atoms with Gasteiger partial charge in [-0.05, 0) is 125 Å². The third-order valence-corrected chi connectivity index (χ3v) is 20.3. The number of hydrogen-bond acceptors (Lipinski definition) is 30. The number of carbonyl (C=O) groups excluding carboxylic acids is 4. The zero-order valence-corrected chi connectivity index (χ0v) is 63.7. The molecular formula is C63H92ClF6N17O20P2. The Morgan fingerprint density at radius 1 is 0.606 bits per heavy atom. The van der Waals surface area contributed by atoms with Crippen molar-refractivity contribution in [2.24, 2.45) is 0 Å². The van der Waals surface area contributed by atoms with Crippen molar-refractivity contribution in [1.29, 1.82) is 0 Å². The summed E-state index contributed by atoms with van der Waals surface area (Å²) in [5.41, 5.74) is -6.61. The summed E-state index contributed by atoms with van der Waals surface area (Å²) in [6, 6.07) is -1.66. The first-order valence-electron chi connectivity index (χ1n) is 35.4. The highest BCUT2D eigenvalue weighted by atomic mass is 35.7. The quantitative estimate of drug-likeness (QED) is 0.0106. The topological polar surface area (TPSA) is 478 Å². The molecular weight excluding hydrogens is 1530 g/mol. The van der Waals surface area contributed by atoms with E-state index in [4.69, 9.17) is 65.2 Å². The molecule has 6 aromatic rings. The number of anilines is 3. The molecule has 3 saturated heterocycles. The number of carbonyl (C=O) groups is 4. The summed E-state index contributed by atoms with van der Waals surface area (Å²) in [7, 11) is -3.88. The van der Waals surface area contributed by atoms with E-state index in [1.165, 1.54) is 26.3 Å². The van der Waals surface area contributed by atoms with Crippen LogP contribution in [-0.4, -0.2) is 246 Å². The van der Waals surface area contributed by atoms with Gasteiger partial charge in [0.05, 0.1) is 38.8 Å². The molecule has 2 unspecified atom stereocenters. The Kier molecular flexibility index (Phi) is 28.3. The summed E-state index contributed by atoms with van der Waals surface area (Å²) >= 11 is 5.55. The van der Waals surface area contributed by atoms with E-state index in [1.54, 1.807) is 27.7 Å². The van der Waals surface area contributed by atoms with Crippen LogP contribution in [0.1, 0.15) is 147 Å². The van der Waals surface area contributed by atoms with Gasteiger partial charge < -0.3 is 73.3 Å². The zero-order valence-electron chi connectivity index (χ0n) is 62.2. The number of halogens is 7. The fraction of sp³-hybridized carbons (Fsp3) is 0.698. The zero-order chi connectivity index (χ0) is 81.1. The molecule has 46 heteroatoms. The van der Waals surface area contributed by atoms with Gasteiger partial charge in [0.25, 0.3) is 25.1 Å². The monoisotopic (exact) mass is 1620 g/mol. The molecule has 608 valence electrons. The standard InChI is InChI=1S/C24H35F2N6O8P.C15H21F2N5O4.C14H17F2N5O5.C10H19ClNO3P/c1-5-37-18-16-17(29-22(30-18)28-13-33)32(12-27-16)21-23(3,35)20(25)24(26,40-21)11-38-41(4,36)31-14(2)19(34)39-15-9-7-6-8-10-15;1-4-18-13-20-9-8(10(21-13)25-5-2)19-7-22(9)12-14(3,24)11(16)15(17,6-23)26-12;1-3-25-9-7-8(19-12(20-9)18-6-23)21(5-17-7)11-13(2,24)10(15)14(16,4-22)26-11;1-8(12-16(2,11)14)10(13)15-9-6-4-3-5-7-9/h12-15,20-21,35H,5-11H2,1-4H3,(H,31,36)(H,28,29,30,33);7,11-12,23-24H,4-6H2,1-3H3,(H,18,20,21);5-6,10-11,22,24H,3-4H2,1-2H3,(H,18,19,20,23);8-9H,3-7H2,1-2H3,(H,12,14)/t14-,20-,21+,23+,24+,41?;11-,12+,14+,15+;10-,11+,13+,14+;8-,16?/m0000/s1/i;1T;;. The van der Waals surface area contributed by atoms with Crippen molar-refractivity contribution < 1.29 is 124 Å². The molecule has 2 saturated carbocycles. The van der Waals surface area contributed by atoms with Crippen molar-refractivity contribution >= 4 is 102 Å². The van der Waals surface area contributed by atoms with E-state index in [-0.39, 0.29) is 114 Å². The molecule has 0 bridgehead atoms. The highest BCUT2D eigenvalue weighted by Gasteiger charge is 2.67. The van der Waals surface area contributed by atoms with E-state index in [9.17, 15) is 61.2 Å². The van der Waals surface area contributed by atoms with E-state index >= 15 is 8.78 Å². The average molecular weight is 1620 g/mol. The van der Waals surface area contributed by atoms with Gasteiger partial charge in [-0.1, -0.05) is 12.8 Å². The van der Waals surface area contributed by atoms with Gasteiger partial charge in [-0.2, -0.15) is 29.9 Å². The lowest BCUT2D eigenvalue weighted by molar-refractivity contribution is -0.196. The van der Waals surface area contributed by atoms with Crippen LogP contribution in [-0.2, 0) is 56.5 Å². The van der Waals surface area contributed by atoms with Gasteiger partial charge in [-0.3, -0.25) is 52.6 Å². The lowest BCUT2D eigenvalue weighted by atomic mass is 9.97. The molecule has 5 fully saturated rings. The van der Waals surface area contributed by atoms with Gasteiger partial charge in [0, 0.05) is 21.2 Å². The third kappa shape index (κ3) is 19.9. The molecule has 3 aliphatic heterocycles. The Bertz CT molecular complexity index is 4250. The minimum atomic E-state index is -3.88. The number of alkyl halides is 6. The normalized spacial score (nSPS) is 29.5. The molecule has 37 nitrogen and oxygen atoms in total. The van der Waals surface area contributed by atoms with Crippen LogP contribution in [0.3, 0.4) is 0 Å². The first-order valence-corrected chi connectivity index (χ1v) is 39.8. The van der Waals surface area contributed by atoms with Crippen LogP contribution in [0.15, 0.2) is 19.0 Å². The maximum atomic E-state index is 15.9. The number of nitrogens with zero attached hydrogens (tertiary/aromatic N) is 12. The van der Waals surface area contributed by atoms with Crippen molar-refractivity contribution in [3.05, 3.63) is 19.0 Å². The van der Waals surface area contributed by atoms with E-state index < -0.39 is 124 Å². The summed E-state index contributed by atoms with van der Waals surface area (Å²) in [5, 5.41) is 62.6. The molecule has 0 radical (unpaired) electrons. The largest absolute Gasteiger partial charge is 0.476 e. The van der Waals surface area contributed by atoms with Crippen LogP contribution in [0.2, 0.25) is 0 Å². The molecule has 11 rings (SSSR count). The molecule has 10 N–H and O–H groups in total. The fourth-order valence-electron chi connectivity index (χ4n) is 12.4. The van der Waals surface area contributed by atoms with E-state index in [0.717, 1.165) is 112 Å². The molecule has 2 aliphatic carbocycles. The van der Waals surface area contributed by atoms with Crippen LogP contribution in [0.25, 0.3) is 33.5 Å². The molecule has 0 aromatic carbocycles. The second kappa shape index (κ2) is 36.0. The summed E-state index contributed by atoms with van der Waals surface area (Å²) < 4.78 is 171. The Labute approximate surface area is 626 Å². The van der Waals surface area contributed by atoms with Crippen LogP contribution >= 0.6 is 25.4 Å². The Balaban J connectivity index is 0.000000194. The van der Waals surface area contributed by atoms with Gasteiger partial charge in [-0.15, -0.1) is 0 Å². The van der Waals surface area contributed by atoms with Crippen molar-refractivity contribution in [2.75, 3.05) is 75.5 Å². The lowest BCUT2D eigenvalue weighted by Crippen LogP contribution is -2.46. The number of amides is 2. The molecule has 6 aromatic heterocycles. The summed E-state index contributed by atoms with van der Waals surface area (Å²) in [4.78, 5) is 82.6. The summed E-state index contributed by atoms with van der Waals surface area (Å²) in [6.45, 7) is 8.20. The van der Waals surface area contributed by atoms with Crippen LogP contribution in [0.4, 0.5) is 44.2 Å². The number of imidazole rings is 3. The SMILES string of the molecule is CCOc1nc(NC=O)nc2c1ncn2[C@@H]1O[C@](F)(CO)[C@@H](F)[C@@]1(C)O.CCOc1nc(NC=O)nc2c1ncn2[C@@H]1O[C@](F)(COP(C)(=O)N[C@@H](C)C(=O)OC2CCCCC2)[C@@H](F)[C@@]1(C)O.C[C@H](NP(C)(=O)Cl)C(=O)OC1CCCCC1.[3H]CCNc1nc(OCC)c2ncn([C@@H]3O[C@](F)(CO)[C@@H](F)[C@@]3(C)O)c2n1. The van der Waals surface area contributed by atoms with Gasteiger partial charge in [0.1, 0.15) is 60.9 Å². The second-order valence-corrected chi connectivity index (χ2v) is 32.7. The van der Waals surface area contributed by atoms with E-state index in [0.29, 0.717) is 19.4 Å². The van der Waals surface area contributed by atoms with Gasteiger partial charge in [0.2, 0.25) is 55.0 Å². The van der Waals surface area contributed by atoms with Crippen molar-refractivity contribution in [3.63, 3.8) is 0 Å². The molecule has 5 aliphatic rings. The molecule has 109 heavy (non-hydrogen) atoms. The van der Waals surface area contributed by atoms with Gasteiger partial charge in [-0.25, -0.2) is 51.5 Å². The molecule has 2 amide bonds. The van der Waals surface area contributed by atoms with Crippen LogP contribution in [0.5, 0.6) is 17.6 Å². The van der Waals surface area contributed by atoms with Crippen molar-refractivity contribution in [3.8, 4) is 17.6 Å². The number of aromatic nitrogens is 12. The minimum Gasteiger partial charge on any atom is -0.476 e. The van der Waals surface area contributed by atoms with Gasteiger partial charge in [0.15, 0.2) is 70.7 Å².